The summed E-state index contributed by atoms with van der Waals surface area (Å²) in [4.78, 5) is 4.50. The highest BCUT2D eigenvalue weighted by Gasteiger charge is 2.21. The van der Waals surface area contributed by atoms with E-state index in [4.69, 9.17) is 0 Å². The van der Waals surface area contributed by atoms with Gasteiger partial charge < -0.3 is 14.9 Å². The van der Waals surface area contributed by atoms with Gasteiger partial charge in [0, 0.05) is 25.2 Å². The summed E-state index contributed by atoms with van der Waals surface area (Å²) in [5.41, 5.74) is 0.397. The molecule has 0 bridgehead atoms. The first-order valence-electron chi connectivity index (χ1n) is 7.75. The summed E-state index contributed by atoms with van der Waals surface area (Å²) >= 11 is 0. The average molecular weight is 296 g/mol. The second-order valence-electron chi connectivity index (χ2n) is 6.05. The number of benzene rings is 1. The zero-order chi connectivity index (χ0) is 15.8. The molecule has 2 atom stereocenters. The summed E-state index contributed by atoms with van der Waals surface area (Å²) in [6, 6.07) is 6.49. The van der Waals surface area contributed by atoms with Crippen LogP contribution in [0.15, 0.2) is 24.3 Å². The first-order valence-corrected chi connectivity index (χ1v) is 7.75. The lowest BCUT2D eigenvalue weighted by atomic mass is 9.96. The van der Waals surface area contributed by atoms with E-state index >= 15 is 0 Å². The molecule has 0 aromatic heterocycles. The number of aliphatic hydroxyl groups excluding tert-OH is 1. The van der Waals surface area contributed by atoms with E-state index in [0.717, 1.165) is 32.6 Å². The molecular formula is C17H29FN2O. The summed E-state index contributed by atoms with van der Waals surface area (Å²) in [7, 11) is 4.11. The summed E-state index contributed by atoms with van der Waals surface area (Å²) < 4.78 is 13.8. The molecule has 120 valence electrons. The van der Waals surface area contributed by atoms with Crippen LogP contribution in [0.5, 0.6) is 0 Å². The molecular weight excluding hydrogens is 267 g/mol. The summed E-state index contributed by atoms with van der Waals surface area (Å²) in [6.45, 7) is 7.87. The fraction of sp³-hybridized carbons (Fsp3) is 0.647. The molecule has 0 aliphatic heterocycles. The predicted octanol–water partition coefficient (Wildman–Crippen LogP) is 2.77. The van der Waals surface area contributed by atoms with Crippen molar-refractivity contribution in [2.45, 2.75) is 26.4 Å². The molecule has 0 saturated heterocycles. The molecule has 0 amide bonds. The van der Waals surface area contributed by atoms with E-state index in [9.17, 15) is 9.50 Å². The van der Waals surface area contributed by atoms with Crippen molar-refractivity contribution in [1.29, 1.82) is 0 Å². The van der Waals surface area contributed by atoms with Gasteiger partial charge in [0.2, 0.25) is 0 Å². The minimum atomic E-state index is -0.759. The Kier molecular flexibility index (Phi) is 7.86. The third kappa shape index (κ3) is 6.12. The quantitative estimate of drug-likeness (QED) is 0.759. The minimum absolute atomic E-state index is 0.00406. The Morgan fingerprint density at radius 3 is 2.38 bits per heavy atom. The van der Waals surface area contributed by atoms with E-state index in [2.05, 4.69) is 30.8 Å². The molecule has 3 nitrogen and oxygen atoms in total. The first kappa shape index (κ1) is 18.1. The van der Waals surface area contributed by atoms with Crippen molar-refractivity contribution in [3.8, 4) is 0 Å². The van der Waals surface area contributed by atoms with Crippen molar-refractivity contribution >= 4 is 0 Å². The highest BCUT2D eigenvalue weighted by atomic mass is 19.1. The predicted molar refractivity (Wildman–Crippen MR) is 85.8 cm³/mol. The van der Waals surface area contributed by atoms with Crippen LogP contribution in [0.4, 0.5) is 4.39 Å². The molecule has 0 heterocycles. The van der Waals surface area contributed by atoms with Crippen LogP contribution in [0, 0.1) is 11.7 Å². The summed E-state index contributed by atoms with van der Waals surface area (Å²) in [6.07, 6.45) is 0.320. The van der Waals surface area contributed by atoms with Crippen LogP contribution in [0.2, 0.25) is 0 Å². The van der Waals surface area contributed by atoms with E-state index in [-0.39, 0.29) is 11.7 Å². The Labute approximate surface area is 128 Å². The Bertz CT molecular complexity index is 412. The lowest BCUT2D eigenvalue weighted by Crippen LogP contribution is -2.36. The highest BCUT2D eigenvalue weighted by molar-refractivity contribution is 5.20. The monoisotopic (exact) mass is 296 g/mol. The van der Waals surface area contributed by atoms with Gasteiger partial charge in [-0.15, -0.1) is 0 Å². The van der Waals surface area contributed by atoms with Crippen molar-refractivity contribution in [2.24, 2.45) is 5.92 Å². The second kappa shape index (κ2) is 9.13. The van der Waals surface area contributed by atoms with Crippen LogP contribution in [0.1, 0.15) is 31.9 Å². The van der Waals surface area contributed by atoms with Crippen LogP contribution in [0.3, 0.4) is 0 Å². The highest BCUT2D eigenvalue weighted by Crippen LogP contribution is 2.24. The van der Waals surface area contributed by atoms with Gasteiger partial charge in [0.15, 0.2) is 0 Å². The molecule has 21 heavy (non-hydrogen) atoms. The van der Waals surface area contributed by atoms with E-state index in [0.29, 0.717) is 5.56 Å². The molecule has 1 rings (SSSR count). The molecule has 1 aromatic carbocycles. The zero-order valence-electron chi connectivity index (χ0n) is 13.7. The molecule has 0 radical (unpaired) electrons. The molecule has 4 heteroatoms. The second-order valence-corrected chi connectivity index (χ2v) is 6.05. The van der Waals surface area contributed by atoms with Gasteiger partial charge in [-0.1, -0.05) is 32.0 Å². The number of rotatable bonds is 9. The minimum Gasteiger partial charge on any atom is -0.388 e. The molecule has 0 spiro atoms. The summed E-state index contributed by atoms with van der Waals surface area (Å²) in [5.74, 6) is -0.331. The van der Waals surface area contributed by atoms with Crippen LogP contribution in [0.25, 0.3) is 0 Å². The maximum absolute atomic E-state index is 13.8. The number of halogens is 1. The van der Waals surface area contributed by atoms with Crippen LogP contribution >= 0.6 is 0 Å². The van der Waals surface area contributed by atoms with Crippen molar-refractivity contribution in [3.05, 3.63) is 35.6 Å². The topological polar surface area (TPSA) is 26.7 Å². The van der Waals surface area contributed by atoms with E-state index in [1.165, 1.54) is 6.07 Å². The van der Waals surface area contributed by atoms with Crippen LogP contribution < -0.4 is 0 Å². The molecule has 2 unspecified atom stereocenters. The van der Waals surface area contributed by atoms with Gasteiger partial charge in [0.1, 0.15) is 5.82 Å². The van der Waals surface area contributed by atoms with E-state index < -0.39 is 6.10 Å². The number of hydrogen-bond donors (Lipinski definition) is 1. The van der Waals surface area contributed by atoms with Gasteiger partial charge in [-0.25, -0.2) is 4.39 Å². The molecule has 0 aliphatic rings. The smallest absolute Gasteiger partial charge is 0.129 e. The SMILES string of the molecule is CCCN(CCN(C)C)CC(C)C(O)c1ccccc1F. The van der Waals surface area contributed by atoms with E-state index in [1.54, 1.807) is 18.2 Å². The number of likely N-dealkylation sites (N-methyl/N-ethyl adjacent to an activating group) is 1. The Morgan fingerprint density at radius 1 is 1.14 bits per heavy atom. The van der Waals surface area contributed by atoms with Gasteiger partial charge in [-0.2, -0.15) is 0 Å². The molecule has 0 aliphatic carbocycles. The Balaban J connectivity index is 2.63. The largest absolute Gasteiger partial charge is 0.388 e. The Morgan fingerprint density at radius 2 is 1.81 bits per heavy atom. The molecule has 0 saturated carbocycles. The molecule has 1 N–H and O–H groups in total. The van der Waals surface area contributed by atoms with Gasteiger partial charge in [-0.3, -0.25) is 0 Å². The third-order valence-corrected chi connectivity index (χ3v) is 3.71. The standard InChI is InChI=1S/C17H29FN2O/c1-5-10-20(12-11-19(3)4)13-14(2)17(21)15-8-6-7-9-16(15)18/h6-9,14,17,21H,5,10-13H2,1-4H3. The van der Waals surface area contributed by atoms with Gasteiger partial charge >= 0.3 is 0 Å². The van der Waals surface area contributed by atoms with E-state index in [1.807, 2.05) is 6.92 Å². The van der Waals surface area contributed by atoms with Gasteiger partial charge in [0.05, 0.1) is 6.10 Å². The summed E-state index contributed by atoms with van der Waals surface area (Å²) in [5, 5.41) is 10.4. The lowest BCUT2D eigenvalue weighted by molar-refractivity contribution is 0.0830. The van der Waals surface area contributed by atoms with Gasteiger partial charge in [0.25, 0.3) is 0 Å². The van der Waals surface area contributed by atoms with Crippen LogP contribution in [-0.2, 0) is 0 Å². The zero-order valence-corrected chi connectivity index (χ0v) is 13.7. The number of hydrogen-bond acceptors (Lipinski definition) is 3. The normalized spacial score (nSPS) is 14.7. The van der Waals surface area contributed by atoms with Crippen molar-refractivity contribution in [2.75, 3.05) is 40.3 Å². The lowest BCUT2D eigenvalue weighted by Gasteiger charge is -2.29. The Hall–Kier alpha value is -0.970. The first-order chi connectivity index (χ1) is 9.95. The number of nitrogens with zero attached hydrogens (tertiary/aromatic N) is 2. The van der Waals surface area contributed by atoms with Crippen molar-refractivity contribution in [1.82, 2.24) is 9.80 Å². The van der Waals surface area contributed by atoms with Gasteiger partial charge in [-0.05, 0) is 39.0 Å². The number of aliphatic hydroxyl groups is 1. The maximum Gasteiger partial charge on any atom is 0.129 e. The fourth-order valence-corrected chi connectivity index (χ4v) is 2.48. The fourth-order valence-electron chi connectivity index (χ4n) is 2.48. The molecule has 0 fully saturated rings. The molecule has 1 aromatic rings. The van der Waals surface area contributed by atoms with Crippen LogP contribution in [-0.4, -0.2) is 55.2 Å². The third-order valence-electron chi connectivity index (χ3n) is 3.71. The maximum atomic E-state index is 13.8. The van der Waals surface area contributed by atoms with Crippen molar-refractivity contribution < 1.29 is 9.50 Å². The van der Waals surface area contributed by atoms with Crippen molar-refractivity contribution in [3.63, 3.8) is 0 Å². The average Bonchev–Trinajstić information content (AvgIpc) is 2.44.